The molecule has 20 heavy (non-hydrogen) atoms. The van der Waals surface area contributed by atoms with Crippen LogP contribution < -0.4 is 5.32 Å². The summed E-state index contributed by atoms with van der Waals surface area (Å²) in [5, 5.41) is 2.89. The lowest BCUT2D eigenvalue weighted by Gasteiger charge is -2.14. The van der Waals surface area contributed by atoms with Crippen LogP contribution in [0.25, 0.3) is 0 Å². The molecule has 0 aliphatic rings. The van der Waals surface area contributed by atoms with Gasteiger partial charge >= 0.3 is 0 Å². The number of rotatable bonds is 5. The highest BCUT2D eigenvalue weighted by molar-refractivity contribution is 5.94. The van der Waals surface area contributed by atoms with Crippen LogP contribution in [0.2, 0.25) is 0 Å². The van der Waals surface area contributed by atoms with E-state index < -0.39 is 5.82 Å². The van der Waals surface area contributed by atoms with E-state index >= 15 is 0 Å². The molecule has 2 aromatic rings. The second kappa shape index (κ2) is 6.85. The van der Waals surface area contributed by atoms with Crippen LogP contribution in [0.5, 0.6) is 0 Å². The SMILES string of the molecule is C[C@@H](CCc1ccccc1)NC(=O)c1cccc(F)c1. The van der Waals surface area contributed by atoms with Gasteiger partial charge in [0.05, 0.1) is 0 Å². The highest BCUT2D eigenvalue weighted by Crippen LogP contribution is 2.07. The fraction of sp³-hybridized carbons (Fsp3) is 0.235. The fourth-order valence-corrected chi connectivity index (χ4v) is 2.04. The van der Waals surface area contributed by atoms with Crippen LogP contribution in [0.3, 0.4) is 0 Å². The molecular weight excluding hydrogens is 253 g/mol. The molecule has 2 nitrogen and oxygen atoms in total. The topological polar surface area (TPSA) is 29.1 Å². The van der Waals surface area contributed by atoms with Crippen LogP contribution >= 0.6 is 0 Å². The first kappa shape index (κ1) is 14.3. The third-order valence-electron chi connectivity index (χ3n) is 3.17. The summed E-state index contributed by atoms with van der Waals surface area (Å²) < 4.78 is 13.1. The van der Waals surface area contributed by atoms with Gasteiger partial charge in [-0.1, -0.05) is 36.4 Å². The summed E-state index contributed by atoms with van der Waals surface area (Å²) >= 11 is 0. The Labute approximate surface area is 118 Å². The van der Waals surface area contributed by atoms with Gasteiger partial charge in [0.15, 0.2) is 0 Å². The zero-order valence-corrected chi connectivity index (χ0v) is 11.5. The Kier molecular flexibility index (Phi) is 4.88. The first-order chi connectivity index (χ1) is 9.65. The largest absolute Gasteiger partial charge is 0.350 e. The van der Waals surface area contributed by atoms with Gasteiger partial charge < -0.3 is 5.32 Å². The average molecular weight is 271 g/mol. The molecule has 0 aliphatic heterocycles. The van der Waals surface area contributed by atoms with E-state index in [0.717, 1.165) is 12.8 Å². The molecule has 2 rings (SSSR count). The van der Waals surface area contributed by atoms with Crippen LogP contribution in [0.15, 0.2) is 54.6 Å². The Hall–Kier alpha value is -2.16. The van der Waals surface area contributed by atoms with Crippen LogP contribution in [-0.2, 0) is 6.42 Å². The number of halogens is 1. The molecule has 104 valence electrons. The quantitative estimate of drug-likeness (QED) is 0.885. The summed E-state index contributed by atoms with van der Waals surface area (Å²) in [5.41, 5.74) is 1.61. The van der Waals surface area contributed by atoms with E-state index in [1.165, 1.54) is 17.7 Å². The van der Waals surface area contributed by atoms with Crippen molar-refractivity contribution in [2.24, 2.45) is 0 Å². The van der Waals surface area contributed by atoms with Gasteiger partial charge in [0.2, 0.25) is 0 Å². The van der Waals surface area contributed by atoms with Gasteiger partial charge in [-0.25, -0.2) is 4.39 Å². The highest BCUT2D eigenvalue weighted by Gasteiger charge is 2.10. The maximum atomic E-state index is 13.1. The second-order valence-electron chi connectivity index (χ2n) is 4.91. The normalized spacial score (nSPS) is 11.9. The Morgan fingerprint density at radius 3 is 2.60 bits per heavy atom. The minimum atomic E-state index is -0.394. The molecule has 0 aliphatic carbocycles. The van der Waals surface area contributed by atoms with Gasteiger partial charge in [-0.3, -0.25) is 4.79 Å². The van der Waals surface area contributed by atoms with Crippen LogP contribution in [0, 0.1) is 5.82 Å². The number of carbonyl (C=O) groups excluding carboxylic acids is 1. The summed E-state index contributed by atoms with van der Waals surface area (Å²) in [6.07, 6.45) is 1.76. The third-order valence-corrected chi connectivity index (χ3v) is 3.17. The molecule has 0 saturated carbocycles. The van der Waals surface area contributed by atoms with Crippen molar-refractivity contribution in [3.05, 3.63) is 71.5 Å². The van der Waals surface area contributed by atoms with E-state index in [1.54, 1.807) is 12.1 Å². The average Bonchev–Trinajstić information content (AvgIpc) is 2.46. The molecule has 0 aromatic heterocycles. The lowest BCUT2D eigenvalue weighted by atomic mass is 10.1. The molecular formula is C17H18FNO. The lowest BCUT2D eigenvalue weighted by molar-refractivity contribution is 0.0938. The molecule has 0 heterocycles. The predicted molar refractivity (Wildman–Crippen MR) is 78.1 cm³/mol. The minimum absolute atomic E-state index is 0.0472. The number of benzene rings is 2. The maximum absolute atomic E-state index is 13.1. The van der Waals surface area contributed by atoms with Gasteiger partial charge in [0.1, 0.15) is 5.82 Å². The van der Waals surface area contributed by atoms with Crippen LogP contribution in [0.1, 0.15) is 29.3 Å². The molecule has 0 spiro atoms. The highest BCUT2D eigenvalue weighted by atomic mass is 19.1. The molecule has 0 radical (unpaired) electrons. The van der Waals surface area contributed by atoms with Crippen molar-refractivity contribution in [2.75, 3.05) is 0 Å². The molecule has 0 bridgehead atoms. The molecule has 0 saturated heterocycles. The Morgan fingerprint density at radius 2 is 1.90 bits per heavy atom. The molecule has 0 fully saturated rings. The number of carbonyl (C=O) groups is 1. The first-order valence-corrected chi connectivity index (χ1v) is 6.75. The lowest BCUT2D eigenvalue weighted by Crippen LogP contribution is -2.32. The van der Waals surface area contributed by atoms with Crippen LogP contribution in [-0.4, -0.2) is 11.9 Å². The molecule has 0 unspecified atom stereocenters. The third kappa shape index (κ3) is 4.19. The number of hydrogen-bond donors (Lipinski definition) is 1. The first-order valence-electron chi connectivity index (χ1n) is 6.75. The predicted octanol–water partition coefficient (Wildman–Crippen LogP) is 3.58. The molecule has 2 aromatic carbocycles. The van der Waals surface area contributed by atoms with E-state index in [1.807, 2.05) is 25.1 Å². The standard InChI is InChI=1S/C17H18FNO/c1-13(10-11-14-6-3-2-4-7-14)19-17(20)15-8-5-9-16(18)12-15/h2-9,12-13H,10-11H2,1H3,(H,19,20)/t13-/m0/s1. The Morgan fingerprint density at radius 1 is 1.15 bits per heavy atom. The minimum Gasteiger partial charge on any atom is -0.350 e. The second-order valence-corrected chi connectivity index (χ2v) is 4.91. The Bertz CT molecular complexity index is 568. The molecule has 1 amide bonds. The maximum Gasteiger partial charge on any atom is 0.251 e. The van der Waals surface area contributed by atoms with Crippen molar-refractivity contribution < 1.29 is 9.18 Å². The summed E-state index contributed by atoms with van der Waals surface area (Å²) in [4.78, 5) is 11.9. The van der Waals surface area contributed by atoms with Gasteiger partial charge in [0, 0.05) is 11.6 Å². The van der Waals surface area contributed by atoms with Crippen molar-refractivity contribution >= 4 is 5.91 Å². The van der Waals surface area contributed by atoms with E-state index in [2.05, 4.69) is 17.4 Å². The van der Waals surface area contributed by atoms with Gasteiger partial charge in [-0.05, 0) is 43.5 Å². The van der Waals surface area contributed by atoms with Crippen molar-refractivity contribution in [1.29, 1.82) is 0 Å². The van der Waals surface area contributed by atoms with Crippen molar-refractivity contribution in [3.8, 4) is 0 Å². The van der Waals surface area contributed by atoms with Gasteiger partial charge in [-0.2, -0.15) is 0 Å². The summed E-state index contributed by atoms with van der Waals surface area (Å²) in [7, 11) is 0. The van der Waals surface area contributed by atoms with E-state index in [9.17, 15) is 9.18 Å². The zero-order chi connectivity index (χ0) is 14.4. The van der Waals surface area contributed by atoms with Crippen molar-refractivity contribution in [1.82, 2.24) is 5.32 Å². The number of aryl methyl sites for hydroxylation is 1. The van der Waals surface area contributed by atoms with E-state index in [-0.39, 0.29) is 11.9 Å². The van der Waals surface area contributed by atoms with E-state index in [0.29, 0.717) is 5.56 Å². The van der Waals surface area contributed by atoms with Crippen LogP contribution in [0.4, 0.5) is 4.39 Å². The summed E-state index contributed by atoms with van der Waals surface area (Å²) in [6.45, 7) is 1.96. The fourth-order valence-electron chi connectivity index (χ4n) is 2.04. The van der Waals surface area contributed by atoms with Crippen molar-refractivity contribution in [2.45, 2.75) is 25.8 Å². The van der Waals surface area contributed by atoms with Gasteiger partial charge in [-0.15, -0.1) is 0 Å². The monoisotopic (exact) mass is 271 g/mol. The molecule has 3 heteroatoms. The zero-order valence-electron chi connectivity index (χ0n) is 11.5. The smallest absolute Gasteiger partial charge is 0.251 e. The number of amides is 1. The number of hydrogen-bond acceptors (Lipinski definition) is 1. The van der Waals surface area contributed by atoms with Gasteiger partial charge in [0.25, 0.3) is 5.91 Å². The number of nitrogens with one attached hydrogen (secondary N) is 1. The molecule has 1 atom stereocenters. The summed E-state index contributed by atoms with van der Waals surface area (Å²) in [5.74, 6) is -0.625. The Balaban J connectivity index is 1.85. The molecule has 1 N–H and O–H groups in total. The van der Waals surface area contributed by atoms with Crippen molar-refractivity contribution in [3.63, 3.8) is 0 Å². The summed E-state index contributed by atoms with van der Waals surface area (Å²) in [6, 6.07) is 15.9. The van der Waals surface area contributed by atoms with E-state index in [4.69, 9.17) is 0 Å².